The third-order valence-corrected chi connectivity index (χ3v) is 1.96. The van der Waals surface area contributed by atoms with E-state index in [2.05, 4.69) is 20.3 Å². The number of pyridine rings is 1. The molecular weight excluding hydrogens is 228 g/mol. The van der Waals surface area contributed by atoms with E-state index in [1.165, 1.54) is 12.4 Å². The molecular formula is C10H7ClN4O. The Bertz CT molecular complexity index is 503. The van der Waals surface area contributed by atoms with Gasteiger partial charge in [-0.1, -0.05) is 11.6 Å². The van der Waals surface area contributed by atoms with Gasteiger partial charge in [0.2, 0.25) is 0 Å². The molecule has 2 heterocycles. The average molecular weight is 235 g/mol. The lowest BCUT2D eigenvalue weighted by Crippen LogP contribution is -2.13. The van der Waals surface area contributed by atoms with Crippen LogP contribution in [0.1, 0.15) is 10.5 Å². The van der Waals surface area contributed by atoms with Crippen molar-refractivity contribution in [1.82, 2.24) is 15.0 Å². The Morgan fingerprint density at radius 3 is 2.62 bits per heavy atom. The highest BCUT2D eigenvalue weighted by atomic mass is 35.5. The van der Waals surface area contributed by atoms with Gasteiger partial charge in [-0.05, 0) is 12.1 Å². The third-order valence-electron chi connectivity index (χ3n) is 1.78. The van der Waals surface area contributed by atoms with Crippen LogP contribution >= 0.6 is 11.6 Å². The highest BCUT2D eigenvalue weighted by Crippen LogP contribution is 2.07. The fourth-order valence-electron chi connectivity index (χ4n) is 1.08. The van der Waals surface area contributed by atoms with E-state index in [4.69, 9.17) is 11.6 Å². The van der Waals surface area contributed by atoms with E-state index in [9.17, 15) is 4.79 Å². The van der Waals surface area contributed by atoms with Crippen molar-refractivity contribution in [3.63, 3.8) is 0 Å². The summed E-state index contributed by atoms with van der Waals surface area (Å²) in [6.45, 7) is 0. The number of aromatic nitrogens is 3. The minimum Gasteiger partial charge on any atom is -0.320 e. The molecule has 0 aromatic carbocycles. The predicted molar refractivity (Wildman–Crippen MR) is 59.2 cm³/mol. The van der Waals surface area contributed by atoms with E-state index < -0.39 is 0 Å². The van der Waals surface area contributed by atoms with Gasteiger partial charge in [-0.25, -0.2) is 4.98 Å². The molecule has 0 radical (unpaired) electrons. The van der Waals surface area contributed by atoms with Crippen molar-refractivity contribution < 1.29 is 4.79 Å². The number of hydrogen-bond acceptors (Lipinski definition) is 4. The van der Waals surface area contributed by atoms with Crippen LogP contribution in [0.4, 0.5) is 5.69 Å². The Balaban J connectivity index is 2.15. The molecule has 80 valence electrons. The van der Waals surface area contributed by atoms with Gasteiger partial charge in [-0.15, -0.1) is 0 Å². The van der Waals surface area contributed by atoms with Gasteiger partial charge in [-0.2, -0.15) is 0 Å². The van der Waals surface area contributed by atoms with Gasteiger partial charge in [-0.3, -0.25) is 14.8 Å². The smallest absolute Gasteiger partial charge is 0.275 e. The van der Waals surface area contributed by atoms with Gasteiger partial charge in [0.05, 0.1) is 12.4 Å². The second-order valence-corrected chi connectivity index (χ2v) is 3.30. The van der Waals surface area contributed by atoms with Crippen molar-refractivity contribution in [2.24, 2.45) is 0 Å². The molecule has 0 saturated carbocycles. The molecule has 1 amide bonds. The van der Waals surface area contributed by atoms with Crippen LogP contribution in [0.3, 0.4) is 0 Å². The lowest BCUT2D eigenvalue weighted by Gasteiger charge is -2.03. The van der Waals surface area contributed by atoms with Gasteiger partial charge in [0.15, 0.2) is 0 Å². The lowest BCUT2D eigenvalue weighted by molar-refractivity contribution is 0.102. The number of nitrogens with one attached hydrogen (secondary N) is 1. The summed E-state index contributed by atoms with van der Waals surface area (Å²) in [5.41, 5.74) is 0.811. The summed E-state index contributed by atoms with van der Waals surface area (Å²) < 4.78 is 0. The van der Waals surface area contributed by atoms with Crippen LogP contribution in [0.5, 0.6) is 0 Å². The summed E-state index contributed by atoms with van der Waals surface area (Å²) in [4.78, 5) is 23.1. The lowest BCUT2D eigenvalue weighted by atomic mass is 10.3. The largest absolute Gasteiger partial charge is 0.320 e. The number of carbonyl (C=O) groups excluding carboxylic acids is 1. The number of hydrogen-bond donors (Lipinski definition) is 1. The zero-order chi connectivity index (χ0) is 11.4. The first-order valence-corrected chi connectivity index (χ1v) is 4.82. The van der Waals surface area contributed by atoms with Gasteiger partial charge in [0, 0.05) is 18.1 Å². The fourth-order valence-corrected chi connectivity index (χ4v) is 1.23. The van der Waals surface area contributed by atoms with Crippen LogP contribution < -0.4 is 5.32 Å². The number of amides is 1. The Labute approximate surface area is 96.5 Å². The van der Waals surface area contributed by atoms with Crippen molar-refractivity contribution in [3.05, 3.63) is 47.8 Å². The van der Waals surface area contributed by atoms with E-state index >= 15 is 0 Å². The first-order chi connectivity index (χ1) is 7.75. The zero-order valence-electron chi connectivity index (χ0n) is 8.09. The van der Waals surface area contributed by atoms with E-state index in [0.717, 1.165) is 0 Å². The van der Waals surface area contributed by atoms with Crippen LogP contribution in [-0.4, -0.2) is 20.9 Å². The maximum atomic E-state index is 11.7. The predicted octanol–water partition coefficient (Wildman–Crippen LogP) is 1.78. The van der Waals surface area contributed by atoms with Crippen molar-refractivity contribution in [1.29, 1.82) is 0 Å². The Morgan fingerprint density at radius 1 is 1.19 bits per heavy atom. The van der Waals surface area contributed by atoms with Crippen molar-refractivity contribution >= 4 is 23.2 Å². The monoisotopic (exact) mass is 234 g/mol. The molecule has 0 atom stereocenters. The number of halogens is 1. The van der Waals surface area contributed by atoms with E-state index in [1.54, 1.807) is 24.5 Å². The first kappa shape index (κ1) is 10.5. The molecule has 0 spiro atoms. The summed E-state index contributed by atoms with van der Waals surface area (Å²) in [6.07, 6.45) is 5.88. The molecule has 0 aliphatic heterocycles. The standard InChI is InChI=1S/C10H7ClN4O/c11-9-6-13-5-8(15-9)10(16)14-7-1-3-12-4-2-7/h1-6H,(H,12,14,16). The number of nitrogens with zero attached hydrogens (tertiary/aromatic N) is 3. The summed E-state index contributed by atoms with van der Waals surface area (Å²) in [6, 6.07) is 3.35. The van der Waals surface area contributed by atoms with Crippen LogP contribution in [0, 0.1) is 0 Å². The number of anilines is 1. The zero-order valence-corrected chi connectivity index (χ0v) is 8.85. The van der Waals surface area contributed by atoms with Crippen molar-refractivity contribution in [2.75, 3.05) is 5.32 Å². The van der Waals surface area contributed by atoms with Crippen molar-refractivity contribution in [3.8, 4) is 0 Å². The maximum Gasteiger partial charge on any atom is 0.275 e. The van der Waals surface area contributed by atoms with E-state index in [-0.39, 0.29) is 16.8 Å². The summed E-state index contributed by atoms with van der Waals surface area (Å²) in [5.74, 6) is -0.360. The normalized spacial score (nSPS) is 9.81. The molecule has 0 aliphatic carbocycles. The van der Waals surface area contributed by atoms with Crippen molar-refractivity contribution in [2.45, 2.75) is 0 Å². The fraction of sp³-hybridized carbons (Fsp3) is 0. The minimum atomic E-state index is -0.360. The second-order valence-electron chi connectivity index (χ2n) is 2.92. The number of rotatable bonds is 2. The number of carbonyl (C=O) groups is 1. The average Bonchev–Trinajstić information content (AvgIpc) is 2.30. The van der Waals surface area contributed by atoms with Crippen LogP contribution in [0.15, 0.2) is 36.9 Å². The molecule has 0 aliphatic rings. The SMILES string of the molecule is O=C(Nc1ccncc1)c1cncc(Cl)n1. The van der Waals surface area contributed by atoms with Gasteiger partial charge in [0.1, 0.15) is 10.8 Å². The maximum absolute atomic E-state index is 11.7. The molecule has 0 fully saturated rings. The molecule has 2 aromatic heterocycles. The van der Waals surface area contributed by atoms with Crippen LogP contribution in [0.2, 0.25) is 5.15 Å². The molecule has 0 saturated heterocycles. The Morgan fingerprint density at radius 2 is 1.94 bits per heavy atom. The highest BCUT2D eigenvalue weighted by molar-refractivity contribution is 6.29. The summed E-state index contributed by atoms with van der Waals surface area (Å²) in [7, 11) is 0. The third kappa shape index (κ3) is 2.52. The van der Waals surface area contributed by atoms with Gasteiger partial charge in [0.25, 0.3) is 5.91 Å². The molecule has 0 bridgehead atoms. The molecule has 16 heavy (non-hydrogen) atoms. The molecule has 6 heteroatoms. The summed E-state index contributed by atoms with van der Waals surface area (Å²) in [5, 5.41) is 2.83. The molecule has 0 unspecified atom stereocenters. The molecule has 2 rings (SSSR count). The topological polar surface area (TPSA) is 67.8 Å². The van der Waals surface area contributed by atoms with Crippen LogP contribution in [0.25, 0.3) is 0 Å². The van der Waals surface area contributed by atoms with Gasteiger partial charge >= 0.3 is 0 Å². The molecule has 2 aromatic rings. The Kier molecular flexibility index (Phi) is 3.07. The second kappa shape index (κ2) is 4.67. The highest BCUT2D eigenvalue weighted by Gasteiger charge is 2.08. The first-order valence-electron chi connectivity index (χ1n) is 4.44. The van der Waals surface area contributed by atoms with Crippen LogP contribution in [-0.2, 0) is 0 Å². The van der Waals surface area contributed by atoms with Gasteiger partial charge < -0.3 is 5.32 Å². The Hall–Kier alpha value is -2.01. The van der Waals surface area contributed by atoms with E-state index in [1.807, 2.05) is 0 Å². The van der Waals surface area contributed by atoms with E-state index in [0.29, 0.717) is 5.69 Å². The quantitative estimate of drug-likeness (QED) is 0.860. The summed E-state index contributed by atoms with van der Waals surface area (Å²) >= 11 is 5.63. The molecule has 5 nitrogen and oxygen atoms in total. The minimum absolute atomic E-state index is 0.171. The molecule has 1 N–H and O–H groups in total.